The summed E-state index contributed by atoms with van der Waals surface area (Å²) >= 11 is 1.50. The van der Waals surface area contributed by atoms with Gasteiger partial charge in [-0.3, -0.25) is 4.68 Å². The summed E-state index contributed by atoms with van der Waals surface area (Å²) in [4.78, 5) is 0. The van der Waals surface area contributed by atoms with Gasteiger partial charge in [0.05, 0.1) is 27.0 Å². The summed E-state index contributed by atoms with van der Waals surface area (Å²) in [5.74, 6) is 2.53. The highest BCUT2D eigenvalue weighted by Gasteiger charge is 2.12. The fourth-order valence-corrected chi connectivity index (χ4v) is 2.86. The molecule has 24 heavy (non-hydrogen) atoms. The van der Waals surface area contributed by atoms with E-state index in [9.17, 15) is 0 Å². The van der Waals surface area contributed by atoms with E-state index < -0.39 is 0 Å². The van der Waals surface area contributed by atoms with Gasteiger partial charge in [-0.05, 0) is 30.7 Å². The highest BCUT2D eigenvalue weighted by molar-refractivity contribution is 7.99. The summed E-state index contributed by atoms with van der Waals surface area (Å²) < 4.78 is 18.1. The van der Waals surface area contributed by atoms with E-state index in [1.807, 2.05) is 42.2 Å². The van der Waals surface area contributed by atoms with Crippen LogP contribution in [0.5, 0.6) is 11.5 Å². The molecule has 0 aliphatic rings. The number of ether oxygens (including phenoxy) is 2. The second kappa shape index (κ2) is 7.39. The van der Waals surface area contributed by atoms with Gasteiger partial charge in [-0.15, -0.1) is 10.2 Å². The Kier molecular flexibility index (Phi) is 5.05. The molecular weight excluding hydrogens is 328 g/mol. The third kappa shape index (κ3) is 3.70. The smallest absolute Gasteiger partial charge is 0.276 e. The normalized spacial score (nSPS) is 10.8. The first kappa shape index (κ1) is 16.4. The lowest BCUT2D eigenvalue weighted by molar-refractivity contribution is 0.355. The van der Waals surface area contributed by atoms with Gasteiger partial charge >= 0.3 is 0 Å². The van der Waals surface area contributed by atoms with E-state index in [-0.39, 0.29) is 0 Å². The molecule has 2 heterocycles. The quantitative estimate of drug-likeness (QED) is 0.609. The Balaban J connectivity index is 1.64. The van der Waals surface area contributed by atoms with Crippen molar-refractivity contribution >= 4 is 11.8 Å². The highest BCUT2D eigenvalue weighted by Crippen LogP contribution is 2.32. The number of methoxy groups -OCH3 is 2. The zero-order valence-corrected chi connectivity index (χ0v) is 14.5. The Morgan fingerprint density at radius 1 is 1.17 bits per heavy atom. The van der Waals surface area contributed by atoms with Crippen LogP contribution in [0.25, 0.3) is 11.5 Å². The van der Waals surface area contributed by atoms with Crippen molar-refractivity contribution in [2.24, 2.45) is 0 Å². The Morgan fingerprint density at radius 3 is 2.71 bits per heavy atom. The molecule has 0 saturated carbocycles. The molecule has 0 saturated heterocycles. The molecule has 0 bridgehead atoms. The van der Waals surface area contributed by atoms with E-state index in [0.29, 0.717) is 22.6 Å². The minimum atomic E-state index is 0.452. The van der Waals surface area contributed by atoms with E-state index in [4.69, 9.17) is 13.9 Å². The fraction of sp³-hybridized carbons (Fsp3) is 0.312. The van der Waals surface area contributed by atoms with Crippen LogP contribution >= 0.6 is 11.8 Å². The molecule has 126 valence electrons. The first-order valence-corrected chi connectivity index (χ1v) is 8.36. The van der Waals surface area contributed by atoms with Gasteiger partial charge in [0, 0.05) is 17.5 Å². The topological polar surface area (TPSA) is 75.2 Å². The third-order valence-corrected chi connectivity index (χ3v) is 4.14. The maximum atomic E-state index is 5.70. The second-order valence-corrected chi connectivity index (χ2v) is 6.12. The standard InChI is InChI=1S/C16H18N4O3S/c1-11-9-17-20(10-11)6-7-24-16-19-18-15(23-16)12-4-5-13(21-2)14(8-12)22-3/h4-5,8-10H,6-7H2,1-3H3. The fourth-order valence-electron chi connectivity index (χ4n) is 2.17. The van der Waals surface area contributed by atoms with Crippen molar-refractivity contribution in [2.75, 3.05) is 20.0 Å². The SMILES string of the molecule is COc1ccc(-c2nnc(SCCn3cc(C)cn3)o2)cc1OC. The second-order valence-electron chi connectivity index (χ2n) is 5.07. The van der Waals surface area contributed by atoms with Gasteiger partial charge in [0.2, 0.25) is 5.89 Å². The summed E-state index contributed by atoms with van der Waals surface area (Å²) in [6, 6.07) is 5.48. The van der Waals surface area contributed by atoms with Gasteiger partial charge in [0.15, 0.2) is 11.5 Å². The molecule has 2 aromatic heterocycles. The first-order valence-electron chi connectivity index (χ1n) is 7.37. The lowest BCUT2D eigenvalue weighted by Gasteiger charge is -2.07. The molecule has 3 rings (SSSR count). The van der Waals surface area contributed by atoms with E-state index in [2.05, 4.69) is 15.3 Å². The molecule has 0 unspecified atom stereocenters. The van der Waals surface area contributed by atoms with Crippen molar-refractivity contribution in [2.45, 2.75) is 18.7 Å². The predicted molar refractivity (Wildman–Crippen MR) is 90.5 cm³/mol. The van der Waals surface area contributed by atoms with Crippen molar-refractivity contribution < 1.29 is 13.9 Å². The molecule has 0 atom stereocenters. The van der Waals surface area contributed by atoms with E-state index in [1.54, 1.807) is 14.2 Å². The van der Waals surface area contributed by atoms with E-state index in [1.165, 1.54) is 11.8 Å². The van der Waals surface area contributed by atoms with Crippen molar-refractivity contribution in [1.29, 1.82) is 0 Å². The number of aromatic nitrogens is 4. The molecule has 0 amide bonds. The molecule has 7 nitrogen and oxygen atoms in total. The number of aryl methyl sites for hydroxylation is 2. The zero-order chi connectivity index (χ0) is 16.9. The molecular formula is C16H18N4O3S. The van der Waals surface area contributed by atoms with Gasteiger partial charge in [0.25, 0.3) is 5.22 Å². The molecule has 0 aliphatic carbocycles. The molecule has 0 aliphatic heterocycles. The van der Waals surface area contributed by atoms with Crippen LogP contribution < -0.4 is 9.47 Å². The van der Waals surface area contributed by atoms with Crippen LogP contribution in [0.15, 0.2) is 40.2 Å². The number of thioether (sulfide) groups is 1. The van der Waals surface area contributed by atoms with Gasteiger partial charge < -0.3 is 13.9 Å². The Labute approximate surface area is 144 Å². The van der Waals surface area contributed by atoms with Crippen molar-refractivity contribution in [3.8, 4) is 23.0 Å². The number of rotatable bonds is 7. The minimum Gasteiger partial charge on any atom is -0.493 e. The lowest BCUT2D eigenvalue weighted by Crippen LogP contribution is -2.00. The number of hydrogen-bond donors (Lipinski definition) is 0. The number of nitrogens with zero attached hydrogens (tertiary/aromatic N) is 4. The molecule has 0 N–H and O–H groups in total. The molecule has 1 aromatic carbocycles. The molecule has 0 radical (unpaired) electrons. The van der Waals surface area contributed by atoms with Crippen LogP contribution in [-0.2, 0) is 6.54 Å². The summed E-state index contributed by atoms with van der Waals surface area (Å²) in [5, 5.41) is 12.9. The predicted octanol–water partition coefficient (Wildman–Crippen LogP) is 3.05. The zero-order valence-electron chi connectivity index (χ0n) is 13.7. The van der Waals surface area contributed by atoms with Gasteiger partial charge in [-0.2, -0.15) is 5.10 Å². The Hall–Kier alpha value is -2.48. The summed E-state index contributed by atoms with van der Waals surface area (Å²) in [7, 11) is 3.19. The van der Waals surface area contributed by atoms with Crippen molar-refractivity contribution in [3.05, 3.63) is 36.2 Å². The van der Waals surface area contributed by atoms with Crippen LogP contribution in [-0.4, -0.2) is 40.0 Å². The average molecular weight is 346 g/mol. The monoisotopic (exact) mass is 346 g/mol. The Morgan fingerprint density at radius 2 is 2.00 bits per heavy atom. The minimum absolute atomic E-state index is 0.452. The lowest BCUT2D eigenvalue weighted by atomic mass is 10.2. The third-order valence-electron chi connectivity index (χ3n) is 3.35. The van der Waals surface area contributed by atoms with Crippen molar-refractivity contribution in [1.82, 2.24) is 20.0 Å². The molecule has 0 spiro atoms. The number of benzene rings is 1. The summed E-state index contributed by atoms with van der Waals surface area (Å²) in [5.41, 5.74) is 1.93. The van der Waals surface area contributed by atoms with Gasteiger partial charge in [-0.1, -0.05) is 11.8 Å². The van der Waals surface area contributed by atoms with E-state index >= 15 is 0 Å². The van der Waals surface area contributed by atoms with Crippen LogP contribution in [0.4, 0.5) is 0 Å². The molecule has 0 fully saturated rings. The first-order chi connectivity index (χ1) is 11.7. The maximum Gasteiger partial charge on any atom is 0.276 e. The van der Waals surface area contributed by atoms with Gasteiger partial charge in [-0.25, -0.2) is 0 Å². The van der Waals surface area contributed by atoms with Crippen LogP contribution in [0.2, 0.25) is 0 Å². The van der Waals surface area contributed by atoms with Crippen molar-refractivity contribution in [3.63, 3.8) is 0 Å². The molecule has 8 heteroatoms. The largest absolute Gasteiger partial charge is 0.493 e. The maximum absolute atomic E-state index is 5.70. The van der Waals surface area contributed by atoms with Crippen LogP contribution in [0.1, 0.15) is 5.56 Å². The summed E-state index contributed by atoms with van der Waals surface area (Å²) in [6.07, 6.45) is 3.84. The number of hydrogen-bond acceptors (Lipinski definition) is 7. The molecule has 3 aromatic rings. The summed E-state index contributed by atoms with van der Waals surface area (Å²) in [6.45, 7) is 2.80. The average Bonchev–Trinajstić information content (AvgIpc) is 3.23. The van der Waals surface area contributed by atoms with Crippen LogP contribution in [0.3, 0.4) is 0 Å². The highest BCUT2D eigenvalue weighted by atomic mass is 32.2. The van der Waals surface area contributed by atoms with Gasteiger partial charge in [0.1, 0.15) is 0 Å². The van der Waals surface area contributed by atoms with E-state index in [0.717, 1.165) is 23.4 Å². The Bertz CT molecular complexity index is 815. The van der Waals surface area contributed by atoms with Crippen LogP contribution in [0, 0.1) is 6.92 Å².